The molecule has 1 heterocycles. The molecule has 0 fully saturated rings. The van der Waals surface area contributed by atoms with Crippen LogP contribution in [0, 0.1) is 24.4 Å². The molecule has 3 atom stereocenters. The Morgan fingerprint density at radius 2 is 1.88 bits per heavy atom. The summed E-state index contributed by atoms with van der Waals surface area (Å²) in [7, 11) is 0. The Bertz CT molecular complexity index is 1240. The summed E-state index contributed by atoms with van der Waals surface area (Å²) in [6.07, 6.45) is -4.86. The second-order valence-corrected chi connectivity index (χ2v) is 8.14. The van der Waals surface area contributed by atoms with E-state index in [1.807, 2.05) is 0 Å². The summed E-state index contributed by atoms with van der Waals surface area (Å²) < 4.78 is 85.2. The van der Waals surface area contributed by atoms with Gasteiger partial charge in [0.25, 0.3) is 0 Å². The predicted octanol–water partition coefficient (Wildman–Crippen LogP) is 5.41. The summed E-state index contributed by atoms with van der Waals surface area (Å²) in [5.41, 5.74) is -4.26. The zero-order valence-corrected chi connectivity index (χ0v) is 17.4. The van der Waals surface area contributed by atoms with Crippen LogP contribution in [0.2, 0.25) is 0 Å². The maximum atomic E-state index is 14.3. The summed E-state index contributed by atoms with van der Waals surface area (Å²) in [5, 5.41) is 23.8. The molecule has 11 heteroatoms. The van der Waals surface area contributed by atoms with Gasteiger partial charge in [0.2, 0.25) is 5.82 Å². The van der Waals surface area contributed by atoms with Crippen molar-refractivity contribution in [3.63, 3.8) is 0 Å². The molecule has 1 aliphatic carbocycles. The summed E-state index contributed by atoms with van der Waals surface area (Å²) in [4.78, 5) is 8.04. The first-order valence-corrected chi connectivity index (χ1v) is 10.1. The van der Waals surface area contributed by atoms with Crippen LogP contribution < -0.4 is 5.32 Å². The Hall–Kier alpha value is -3.08. The molecular weight excluding hydrogens is 452 g/mol. The van der Waals surface area contributed by atoms with Crippen LogP contribution in [0.3, 0.4) is 0 Å². The van der Waals surface area contributed by atoms with Crippen LogP contribution >= 0.6 is 0 Å². The fraction of sp³-hybridized carbons (Fsp3) is 0.364. The van der Waals surface area contributed by atoms with E-state index >= 15 is 0 Å². The van der Waals surface area contributed by atoms with E-state index in [1.165, 1.54) is 13.1 Å². The molecule has 0 saturated carbocycles. The fourth-order valence-corrected chi connectivity index (χ4v) is 4.46. The van der Waals surface area contributed by atoms with Crippen LogP contribution in [0.1, 0.15) is 48.7 Å². The van der Waals surface area contributed by atoms with E-state index in [-0.39, 0.29) is 28.6 Å². The summed E-state index contributed by atoms with van der Waals surface area (Å²) in [5.74, 6) is -5.94. The molecule has 0 saturated heterocycles. The molecule has 33 heavy (non-hydrogen) atoms. The van der Waals surface area contributed by atoms with Gasteiger partial charge in [0.15, 0.2) is 17.2 Å². The molecule has 0 spiro atoms. The molecule has 0 bridgehead atoms. The maximum Gasteiger partial charge on any atom is 0.419 e. The van der Waals surface area contributed by atoms with Crippen molar-refractivity contribution in [2.75, 3.05) is 5.32 Å². The number of benzene rings is 2. The Morgan fingerprint density at radius 3 is 2.52 bits per heavy atom. The number of halogens is 6. The minimum atomic E-state index is -5.20. The first kappa shape index (κ1) is 23.1. The molecule has 1 aliphatic rings. The normalized spacial score (nSPS) is 22.9. The maximum absolute atomic E-state index is 14.3. The highest BCUT2D eigenvalue weighted by Gasteiger charge is 2.62. The minimum absolute atomic E-state index is 0.00670. The molecule has 0 radical (unpaired) electrons. The number of hydrogen-bond donors (Lipinski definition) is 3. The van der Waals surface area contributed by atoms with E-state index in [4.69, 9.17) is 0 Å². The smallest absolute Gasteiger partial charge is 0.419 e. The van der Waals surface area contributed by atoms with Gasteiger partial charge < -0.3 is 15.5 Å². The number of phenols is 1. The molecule has 0 amide bonds. The minimum Gasteiger partial charge on any atom is -0.505 e. The van der Waals surface area contributed by atoms with Gasteiger partial charge in [-0.1, -0.05) is 6.92 Å². The highest BCUT2D eigenvalue weighted by molar-refractivity contribution is 5.91. The Kier molecular flexibility index (Phi) is 5.43. The fourth-order valence-electron chi connectivity index (χ4n) is 4.46. The van der Waals surface area contributed by atoms with Gasteiger partial charge in [-0.05, 0) is 43.4 Å². The van der Waals surface area contributed by atoms with Gasteiger partial charge in [0.05, 0.1) is 11.6 Å². The number of nitrogens with zero attached hydrogens (tertiary/aromatic N) is 2. The third-order valence-corrected chi connectivity index (χ3v) is 6.09. The lowest BCUT2D eigenvalue weighted by Gasteiger charge is -2.45. The standard InChI is InChI=1S/C22H19F6N3O2/c1-3-10-7-21(33,22(26,27)28)20(12-6-14(24)18(25)19(32)17(10)12)31-16-5-11(23)4-15-13(16)8-29-9(2)30-15/h4-6,8,10,20,31-33H,3,7H2,1-2H3. The van der Waals surface area contributed by atoms with Crippen LogP contribution in [0.25, 0.3) is 10.9 Å². The molecule has 1 aromatic heterocycles. The average molecular weight is 471 g/mol. The van der Waals surface area contributed by atoms with Crippen LogP contribution in [0.4, 0.5) is 32.0 Å². The van der Waals surface area contributed by atoms with E-state index in [1.54, 1.807) is 6.92 Å². The van der Waals surface area contributed by atoms with E-state index in [0.29, 0.717) is 11.9 Å². The predicted molar refractivity (Wildman–Crippen MR) is 107 cm³/mol. The first-order chi connectivity index (χ1) is 15.4. The Morgan fingerprint density at radius 1 is 1.18 bits per heavy atom. The van der Waals surface area contributed by atoms with Crippen molar-refractivity contribution in [1.82, 2.24) is 9.97 Å². The van der Waals surface area contributed by atoms with E-state index < -0.39 is 58.9 Å². The van der Waals surface area contributed by atoms with Crippen LogP contribution in [0.15, 0.2) is 24.4 Å². The lowest BCUT2D eigenvalue weighted by atomic mass is 9.69. The summed E-state index contributed by atoms with van der Waals surface area (Å²) >= 11 is 0. The van der Waals surface area contributed by atoms with Gasteiger partial charge in [-0.25, -0.2) is 18.7 Å². The number of aryl methyl sites for hydroxylation is 1. The van der Waals surface area contributed by atoms with Crippen molar-refractivity contribution in [3.05, 3.63) is 58.8 Å². The SMILES string of the molecule is CCC1CC(O)(C(F)(F)F)C(Nc2cc(F)cc3nc(C)ncc23)c2cc(F)c(F)c(O)c21. The molecule has 0 aliphatic heterocycles. The molecule has 5 nitrogen and oxygen atoms in total. The van der Waals surface area contributed by atoms with Crippen molar-refractivity contribution >= 4 is 16.6 Å². The van der Waals surface area contributed by atoms with E-state index in [9.17, 15) is 36.6 Å². The highest BCUT2D eigenvalue weighted by Crippen LogP contribution is 2.55. The van der Waals surface area contributed by atoms with Gasteiger partial charge >= 0.3 is 6.18 Å². The quantitative estimate of drug-likeness (QED) is 0.446. The van der Waals surface area contributed by atoms with Crippen molar-refractivity contribution in [2.24, 2.45) is 0 Å². The van der Waals surface area contributed by atoms with E-state index in [2.05, 4.69) is 15.3 Å². The van der Waals surface area contributed by atoms with Gasteiger partial charge in [0.1, 0.15) is 11.6 Å². The topological polar surface area (TPSA) is 78.3 Å². The summed E-state index contributed by atoms with van der Waals surface area (Å²) in [6, 6.07) is 0.377. The second kappa shape index (κ2) is 7.75. The number of alkyl halides is 3. The Balaban J connectivity index is 1.98. The zero-order valence-electron chi connectivity index (χ0n) is 17.4. The number of aliphatic hydroxyl groups is 1. The molecule has 4 rings (SSSR count). The molecular formula is C22H19F6N3O2. The molecule has 3 N–H and O–H groups in total. The lowest BCUT2D eigenvalue weighted by molar-refractivity contribution is -0.273. The van der Waals surface area contributed by atoms with Gasteiger partial charge in [0, 0.05) is 28.9 Å². The Labute approximate surface area is 184 Å². The number of hydrogen-bond acceptors (Lipinski definition) is 5. The van der Waals surface area contributed by atoms with Crippen molar-refractivity contribution < 1.29 is 36.6 Å². The molecule has 176 valence electrons. The highest BCUT2D eigenvalue weighted by atomic mass is 19.4. The average Bonchev–Trinajstić information content (AvgIpc) is 2.72. The largest absolute Gasteiger partial charge is 0.505 e. The number of aromatic hydroxyl groups is 1. The van der Waals surface area contributed by atoms with Crippen LogP contribution in [-0.2, 0) is 0 Å². The van der Waals surface area contributed by atoms with Crippen LogP contribution in [-0.4, -0.2) is 32.0 Å². The summed E-state index contributed by atoms with van der Waals surface area (Å²) in [6.45, 7) is 3.04. The third-order valence-electron chi connectivity index (χ3n) is 6.09. The monoisotopic (exact) mass is 471 g/mol. The first-order valence-electron chi connectivity index (χ1n) is 10.1. The number of rotatable bonds is 3. The molecule has 2 aromatic carbocycles. The van der Waals surface area contributed by atoms with E-state index in [0.717, 1.165) is 12.1 Å². The van der Waals surface area contributed by atoms with Gasteiger partial charge in [-0.3, -0.25) is 0 Å². The number of anilines is 1. The number of phenolic OH excluding ortho intramolecular Hbond substituents is 1. The van der Waals surface area contributed by atoms with Crippen molar-refractivity contribution in [2.45, 2.75) is 50.4 Å². The van der Waals surface area contributed by atoms with Gasteiger partial charge in [-0.15, -0.1) is 0 Å². The molecule has 3 aromatic rings. The second-order valence-electron chi connectivity index (χ2n) is 8.14. The number of nitrogens with one attached hydrogen (secondary N) is 1. The zero-order chi connectivity index (χ0) is 24.3. The van der Waals surface area contributed by atoms with Crippen LogP contribution in [0.5, 0.6) is 5.75 Å². The third kappa shape index (κ3) is 3.64. The van der Waals surface area contributed by atoms with Gasteiger partial charge in [-0.2, -0.15) is 17.6 Å². The van der Waals surface area contributed by atoms with Crippen molar-refractivity contribution in [1.29, 1.82) is 0 Å². The molecule has 3 unspecified atom stereocenters. The number of fused-ring (bicyclic) bond motifs is 2. The number of aromatic nitrogens is 2. The van der Waals surface area contributed by atoms with Crippen molar-refractivity contribution in [3.8, 4) is 5.75 Å². The lowest BCUT2D eigenvalue weighted by Crippen LogP contribution is -2.55.